The van der Waals surface area contributed by atoms with Gasteiger partial charge in [0.2, 0.25) is 0 Å². The van der Waals surface area contributed by atoms with Crippen LogP contribution in [0.3, 0.4) is 0 Å². The molecule has 1 aromatic carbocycles. The van der Waals surface area contributed by atoms with Crippen molar-refractivity contribution < 1.29 is 14.3 Å². The monoisotopic (exact) mass is 337 g/mol. The number of rotatable bonds is 8. The van der Waals surface area contributed by atoms with E-state index in [4.69, 9.17) is 21.1 Å². The lowest BCUT2D eigenvalue weighted by Gasteiger charge is -2.15. The van der Waals surface area contributed by atoms with Crippen molar-refractivity contribution in [2.75, 3.05) is 26.2 Å². The minimum Gasteiger partial charge on any atom is -0.479 e. The van der Waals surface area contributed by atoms with Gasteiger partial charge in [-0.3, -0.25) is 4.90 Å². The van der Waals surface area contributed by atoms with Gasteiger partial charge in [0.1, 0.15) is 5.75 Å². The van der Waals surface area contributed by atoms with Gasteiger partial charge in [0.15, 0.2) is 12.7 Å². The minimum absolute atomic E-state index is 0.0839. The van der Waals surface area contributed by atoms with Gasteiger partial charge >= 0.3 is 5.97 Å². The maximum atomic E-state index is 12.0. The minimum atomic E-state index is -0.638. The number of carbonyl (C=O) groups excluding carboxylic acids is 1. The SMILES string of the molecule is CCC(Oc1ccc(Cl)cc1)C(=O)OCC#CCN(CC)CC. The number of nitrogens with zero attached hydrogens (tertiary/aromatic N) is 1. The van der Waals surface area contributed by atoms with Crippen LogP contribution in [0.4, 0.5) is 0 Å². The molecule has 0 radical (unpaired) electrons. The van der Waals surface area contributed by atoms with Crippen LogP contribution in [0.15, 0.2) is 24.3 Å². The molecule has 0 amide bonds. The van der Waals surface area contributed by atoms with Gasteiger partial charge in [-0.2, -0.15) is 0 Å². The van der Waals surface area contributed by atoms with Gasteiger partial charge in [0, 0.05) is 5.02 Å². The van der Waals surface area contributed by atoms with Crippen LogP contribution in [0.5, 0.6) is 5.75 Å². The summed E-state index contributed by atoms with van der Waals surface area (Å²) in [4.78, 5) is 14.2. The van der Waals surface area contributed by atoms with Crippen molar-refractivity contribution >= 4 is 17.6 Å². The van der Waals surface area contributed by atoms with Gasteiger partial charge < -0.3 is 9.47 Å². The highest BCUT2D eigenvalue weighted by Crippen LogP contribution is 2.18. The topological polar surface area (TPSA) is 38.8 Å². The molecule has 1 unspecified atom stereocenters. The van der Waals surface area contributed by atoms with Gasteiger partial charge in [-0.15, -0.1) is 0 Å². The molecule has 0 aromatic heterocycles. The molecule has 0 heterocycles. The summed E-state index contributed by atoms with van der Waals surface area (Å²) in [6.07, 6.45) is -0.116. The van der Waals surface area contributed by atoms with Gasteiger partial charge in [-0.1, -0.05) is 44.2 Å². The molecule has 0 saturated carbocycles. The molecule has 5 heteroatoms. The van der Waals surface area contributed by atoms with Crippen molar-refractivity contribution in [1.82, 2.24) is 4.90 Å². The van der Waals surface area contributed by atoms with Crippen molar-refractivity contribution in [1.29, 1.82) is 0 Å². The van der Waals surface area contributed by atoms with E-state index in [2.05, 4.69) is 30.6 Å². The first kappa shape index (κ1) is 19.3. The maximum absolute atomic E-state index is 12.0. The molecular formula is C18H24ClNO3. The standard InChI is InChI=1S/C18H24ClNO3/c1-4-17(23-16-11-9-15(19)10-12-16)18(21)22-14-8-7-13-20(5-2)6-3/h9-12,17H,4-6,13-14H2,1-3H3. The highest BCUT2D eigenvalue weighted by atomic mass is 35.5. The van der Waals surface area contributed by atoms with E-state index in [1.807, 2.05) is 6.92 Å². The van der Waals surface area contributed by atoms with Gasteiger partial charge in [0.05, 0.1) is 6.54 Å². The normalized spacial score (nSPS) is 11.5. The van der Waals surface area contributed by atoms with Crippen LogP contribution in [0.1, 0.15) is 27.2 Å². The summed E-state index contributed by atoms with van der Waals surface area (Å²) in [6, 6.07) is 6.88. The van der Waals surface area contributed by atoms with Crippen LogP contribution < -0.4 is 4.74 Å². The first-order valence-electron chi connectivity index (χ1n) is 7.87. The number of hydrogen-bond acceptors (Lipinski definition) is 4. The van der Waals surface area contributed by atoms with Gasteiger partial charge in [0.25, 0.3) is 0 Å². The van der Waals surface area contributed by atoms with Crippen LogP contribution in [0.2, 0.25) is 5.02 Å². The Morgan fingerprint density at radius 1 is 1.17 bits per heavy atom. The number of halogens is 1. The summed E-state index contributed by atoms with van der Waals surface area (Å²) in [5, 5.41) is 0.622. The highest BCUT2D eigenvalue weighted by Gasteiger charge is 2.19. The van der Waals surface area contributed by atoms with Crippen LogP contribution >= 0.6 is 11.6 Å². The molecule has 0 N–H and O–H groups in total. The molecule has 1 aromatic rings. The molecule has 0 bridgehead atoms. The smallest absolute Gasteiger partial charge is 0.348 e. The van der Waals surface area contributed by atoms with Crippen molar-refractivity contribution in [2.45, 2.75) is 33.3 Å². The summed E-state index contributed by atoms with van der Waals surface area (Å²) in [6.45, 7) is 8.73. The lowest BCUT2D eigenvalue weighted by Crippen LogP contribution is -2.28. The van der Waals surface area contributed by atoms with E-state index >= 15 is 0 Å². The summed E-state index contributed by atoms with van der Waals surface area (Å²) >= 11 is 5.82. The first-order chi connectivity index (χ1) is 11.1. The zero-order chi connectivity index (χ0) is 17.1. The van der Waals surface area contributed by atoms with Crippen LogP contribution in [0, 0.1) is 11.8 Å². The number of benzene rings is 1. The van der Waals surface area contributed by atoms with E-state index in [9.17, 15) is 4.79 Å². The third-order valence-corrected chi connectivity index (χ3v) is 3.59. The Morgan fingerprint density at radius 3 is 2.39 bits per heavy atom. The summed E-state index contributed by atoms with van der Waals surface area (Å²) in [7, 11) is 0. The molecule has 1 atom stereocenters. The summed E-state index contributed by atoms with van der Waals surface area (Å²) < 4.78 is 10.8. The lowest BCUT2D eigenvalue weighted by atomic mass is 10.2. The molecule has 0 saturated heterocycles. The van der Waals surface area contributed by atoms with Crippen molar-refractivity contribution in [3.8, 4) is 17.6 Å². The van der Waals surface area contributed by atoms with Crippen molar-refractivity contribution in [2.24, 2.45) is 0 Å². The second kappa shape index (κ2) is 10.9. The van der Waals surface area contributed by atoms with E-state index < -0.39 is 12.1 Å². The molecule has 0 aliphatic rings. The second-order valence-corrected chi connectivity index (χ2v) is 5.33. The highest BCUT2D eigenvalue weighted by molar-refractivity contribution is 6.30. The molecule has 1 rings (SSSR count). The van der Waals surface area contributed by atoms with Gasteiger partial charge in [-0.25, -0.2) is 4.79 Å². The summed E-state index contributed by atoms with van der Waals surface area (Å²) in [5.74, 6) is 6.04. The van der Waals surface area contributed by atoms with Gasteiger partial charge in [-0.05, 0) is 43.8 Å². The number of esters is 1. The Bertz CT molecular complexity index is 529. The summed E-state index contributed by atoms with van der Waals surface area (Å²) in [5.41, 5.74) is 0. The van der Waals surface area contributed by atoms with Crippen LogP contribution in [0.25, 0.3) is 0 Å². The second-order valence-electron chi connectivity index (χ2n) is 4.89. The first-order valence-corrected chi connectivity index (χ1v) is 8.25. The molecule has 0 spiro atoms. The van der Waals surface area contributed by atoms with Crippen molar-refractivity contribution in [3.05, 3.63) is 29.3 Å². The fourth-order valence-corrected chi connectivity index (χ4v) is 1.97. The fraction of sp³-hybridized carbons (Fsp3) is 0.500. The predicted octanol–water partition coefficient (Wildman–Crippen LogP) is 3.39. The predicted molar refractivity (Wildman–Crippen MR) is 92.7 cm³/mol. The third-order valence-electron chi connectivity index (χ3n) is 3.33. The van der Waals surface area contributed by atoms with Crippen LogP contribution in [-0.2, 0) is 9.53 Å². The zero-order valence-corrected chi connectivity index (χ0v) is 14.7. The lowest BCUT2D eigenvalue weighted by molar-refractivity contribution is -0.150. The molecule has 126 valence electrons. The van der Waals surface area contributed by atoms with E-state index in [0.29, 0.717) is 23.7 Å². The molecule has 0 aliphatic carbocycles. The Morgan fingerprint density at radius 2 is 1.83 bits per heavy atom. The van der Waals surface area contributed by atoms with E-state index in [1.165, 1.54) is 0 Å². The average Bonchev–Trinajstić information content (AvgIpc) is 2.57. The fourth-order valence-electron chi connectivity index (χ4n) is 1.84. The average molecular weight is 338 g/mol. The zero-order valence-electron chi connectivity index (χ0n) is 14.0. The number of ether oxygens (including phenoxy) is 2. The molecular weight excluding hydrogens is 314 g/mol. The Kier molecular flexibility index (Phi) is 9.20. The van der Waals surface area contributed by atoms with Crippen LogP contribution in [-0.4, -0.2) is 43.2 Å². The maximum Gasteiger partial charge on any atom is 0.348 e. The molecule has 23 heavy (non-hydrogen) atoms. The number of carbonyl (C=O) groups is 1. The van der Waals surface area contributed by atoms with E-state index in [1.54, 1.807) is 24.3 Å². The molecule has 0 fully saturated rings. The Balaban J connectivity index is 2.42. The third kappa shape index (κ3) is 7.40. The van der Waals surface area contributed by atoms with Crippen molar-refractivity contribution in [3.63, 3.8) is 0 Å². The van der Waals surface area contributed by atoms with E-state index in [0.717, 1.165) is 13.1 Å². The number of hydrogen-bond donors (Lipinski definition) is 0. The molecule has 0 aliphatic heterocycles. The molecule has 4 nitrogen and oxygen atoms in total. The largest absolute Gasteiger partial charge is 0.479 e. The van der Waals surface area contributed by atoms with E-state index in [-0.39, 0.29) is 6.61 Å². The quantitative estimate of drug-likeness (QED) is 0.538. The Hall–Kier alpha value is -1.70. The Labute approximate surface area is 143 Å².